The van der Waals surface area contributed by atoms with E-state index >= 15 is 0 Å². The highest BCUT2D eigenvalue weighted by atomic mass is 32.1. The molecular formula is C8H11BO2S. The molecule has 4 heteroatoms. The van der Waals surface area contributed by atoms with Crippen LogP contribution in [0.5, 0.6) is 0 Å². The first-order valence-electron chi connectivity index (χ1n) is 4.25. The van der Waals surface area contributed by atoms with Gasteiger partial charge in [-0.2, -0.15) is 0 Å². The van der Waals surface area contributed by atoms with Crippen molar-refractivity contribution in [3.63, 3.8) is 0 Å². The normalized spacial score (nSPS) is 15.8. The van der Waals surface area contributed by atoms with Gasteiger partial charge in [0.05, 0.1) is 0 Å². The van der Waals surface area contributed by atoms with Crippen molar-refractivity contribution >= 4 is 23.2 Å². The Kier molecular flexibility index (Phi) is 2.21. The number of aryl methyl sites for hydroxylation is 2. The van der Waals surface area contributed by atoms with E-state index in [1.165, 1.54) is 23.3 Å². The van der Waals surface area contributed by atoms with Crippen LogP contribution in [0.25, 0.3) is 0 Å². The summed E-state index contributed by atoms with van der Waals surface area (Å²) in [6, 6.07) is 1.93. The fourth-order valence-electron chi connectivity index (χ4n) is 1.64. The van der Waals surface area contributed by atoms with Crippen molar-refractivity contribution in [2.24, 2.45) is 0 Å². The van der Waals surface area contributed by atoms with Crippen LogP contribution in [-0.4, -0.2) is 17.2 Å². The maximum Gasteiger partial charge on any atom is 0.499 e. The number of thiophene rings is 1. The molecule has 1 aromatic heterocycles. The summed E-state index contributed by atoms with van der Waals surface area (Å²) < 4.78 is 0.696. The fourth-order valence-corrected chi connectivity index (χ4v) is 2.77. The molecule has 0 aliphatic heterocycles. The van der Waals surface area contributed by atoms with Crippen molar-refractivity contribution in [3.8, 4) is 0 Å². The molecule has 2 N–H and O–H groups in total. The number of hydrogen-bond donors (Lipinski definition) is 2. The summed E-state index contributed by atoms with van der Waals surface area (Å²) in [5.41, 5.74) is 1.33. The van der Waals surface area contributed by atoms with Gasteiger partial charge in [-0.25, -0.2) is 0 Å². The third-order valence-electron chi connectivity index (χ3n) is 2.27. The second-order valence-corrected chi connectivity index (χ2v) is 4.35. The lowest BCUT2D eigenvalue weighted by atomic mass is 9.87. The van der Waals surface area contributed by atoms with Crippen LogP contribution in [0, 0.1) is 0 Å². The SMILES string of the molecule is OB(O)c1cc2c(s1)CCCC2. The van der Waals surface area contributed by atoms with E-state index in [1.54, 1.807) is 11.3 Å². The van der Waals surface area contributed by atoms with Crippen molar-refractivity contribution < 1.29 is 10.0 Å². The van der Waals surface area contributed by atoms with Crippen molar-refractivity contribution in [2.75, 3.05) is 0 Å². The van der Waals surface area contributed by atoms with E-state index in [2.05, 4.69) is 0 Å². The molecule has 0 spiro atoms. The molecule has 0 saturated carbocycles. The zero-order valence-corrected chi connectivity index (χ0v) is 7.60. The van der Waals surface area contributed by atoms with Gasteiger partial charge < -0.3 is 10.0 Å². The van der Waals surface area contributed by atoms with Crippen LogP contribution in [-0.2, 0) is 12.8 Å². The van der Waals surface area contributed by atoms with E-state index in [1.807, 2.05) is 6.07 Å². The summed E-state index contributed by atoms with van der Waals surface area (Å²) in [6.07, 6.45) is 4.71. The first-order valence-corrected chi connectivity index (χ1v) is 5.06. The highest BCUT2D eigenvalue weighted by Crippen LogP contribution is 2.24. The average molecular weight is 182 g/mol. The quantitative estimate of drug-likeness (QED) is 0.613. The van der Waals surface area contributed by atoms with Crippen LogP contribution in [0.2, 0.25) is 0 Å². The summed E-state index contributed by atoms with van der Waals surface area (Å²) in [5.74, 6) is 0. The van der Waals surface area contributed by atoms with E-state index in [-0.39, 0.29) is 0 Å². The highest BCUT2D eigenvalue weighted by Gasteiger charge is 2.19. The molecule has 0 fully saturated rings. The number of rotatable bonds is 1. The van der Waals surface area contributed by atoms with Gasteiger partial charge in [-0.3, -0.25) is 0 Å². The van der Waals surface area contributed by atoms with E-state index in [0.29, 0.717) is 4.78 Å². The van der Waals surface area contributed by atoms with Gasteiger partial charge in [-0.05, 0) is 37.3 Å². The Labute approximate surface area is 76.0 Å². The van der Waals surface area contributed by atoms with Gasteiger partial charge in [0.1, 0.15) is 0 Å². The second kappa shape index (κ2) is 3.20. The van der Waals surface area contributed by atoms with Crippen molar-refractivity contribution in [3.05, 3.63) is 16.5 Å². The van der Waals surface area contributed by atoms with Crippen LogP contribution < -0.4 is 4.78 Å². The molecule has 1 aromatic rings. The predicted molar refractivity (Wildman–Crippen MR) is 50.8 cm³/mol. The van der Waals surface area contributed by atoms with Gasteiger partial charge in [-0.1, -0.05) is 0 Å². The fraction of sp³-hybridized carbons (Fsp3) is 0.500. The molecule has 0 unspecified atom stereocenters. The van der Waals surface area contributed by atoms with Crippen LogP contribution >= 0.6 is 11.3 Å². The zero-order valence-electron chi connectivity index (χ0n) is 6.79. The number of hydrogen-bond acceptors (Lipinski definition) is 3. The predicted octanol–water partition coefficient (Wildman–Crippen LogP) is 0.307. The van der Waals surface area contributed by atoms with Gasteiger partial charge in [-0.15, -0.1) is 11.3 Å². The molecule has 0 atom stereocenters. The monoisotopic (exact) mass is 182 g/mol. The molecule has 0 radical (unpaired) electrons. The van der Waals surface area contributed by atoms with Crippen LogP contribution in [0.15, 0.2) is 6.07 Å². The van der Waals surface area contributed by atoms with E-state index in [9.17, 15) is 0 Å². The molecule has 0 saturated heterocycles. The maximum absolute atomic E-state index is 8.94. The molecule has 1 aliphatic rings. The van der Waals surface area contributed by atoms with Crippen LogP contribution in [0.4, 0.5) is 0 Å². The van der Waals surface area contributed by atoms with Crippen molar-refractivity contribution in [1.82, 2.24) is 0 Å². The zero-order chi connectivity index (χ0) is 8.55. The van der Waals surface area contributed by atoms with Gasteiger partial charge >= 0.3 is 7.12 Å². The standard InChI is InChI=1S/C8H11BO2S/c10-9(11)8-5-6-3-1-2-4-7(6)12-8/h5,10-11H,1-4H2. The Morgan fingerprint density at radius 2 is 2.00 bits per heavy atom. The molecule has 1 heterocycles. The molecule has 1 aliphatic carbocycles. The summed E-state index contributed by atoms with van der Waals surface area (Å²) in [5, 5.41) is 17.9. The van der Waals surface area contributed by atoms with E-state index in [4.69, 9.17) is 10.0 Å². The van der Waals surface area contributed by atoms with Gasteiger partial charge in [0.2, 0.25) is 0 Å². The molecule has 0 bridgehead atoms. The first-order chi connectivity index (χ1) is 5.77. The van der Waals surface area contributed by atoms with Crippen LogP contribution in [0.3, 0.4) is 0 Å². The van der Waals surface area contributed by atoms with Crippen molar-refractivity contribution in [1.29, 1.82) is 0 Å². The average Bonchev–Trinajstić information content (AvgIpc) is 2.46. The second-order valence-electron chi connectivity index (χ2n) is 3.18. The smallest absolute Gasteiger partial charge is 0.423 e. The summed E-state index contributed by atoms with van der Waals surface area (Å²) in [4.78, 5) is 1.35. The largest absolute Gasteiger partial charge is 0.499 e. The Balaban J connectivity index is 2.32. The van der Waals surface area contributed by atoms with Gasteiger partial charge in [0, 0.05) is 9.65 Å². The minimum absolute atomic E-state index is 0.696. The van der Waals surface area contributed by atoms with E-state index < -0.39 is 7.12 Å². The Hall–Kier alpha value is -0.315. The molecule has 12 heavy (non-hydrogen) atoms. The number of fused-ring (bicyclic) bond motifs is 1. The molecule has 2 nitrogen and oxygen atoms in total. The Bertz CT molecular complexity index is 259. The van der Waals surface area contributed by atoms with Crippen molar-refractivity contribution in [2.45, 2.75) is 25.7 Å². The Morgan fingerprint density at radius 1 is 1.25 bits per heavy atom. The summed E-state index contributed by atoms with van der Waals surface area (Å²) >= 11 is 1.54. The molecular weight excluding hydrogens is 171 g/mol. The third-order valence-corrected chi connectivity index (χ3v) is 3.55. The molecule has 0 amide bonds. The molecule has 0 aromatic carbocycles. The highest BCUT2D eigenvalue weighted by molar-refractivity contribution is 7.22. The third kappa shape index (κ3) is 1.42. The van der Waals surface area contributed by atoms with Crippen LogP contribution in [0.1, 0.15) is 23.3 Å². The molecule has 64 valence electrons. The lowest BCUT2D eigenvalue weighted by Crippen LogP contribution is -2.26. The Morgan fingerprint density at radius 3 is 2.67 bits per heavy atom. The van der Waals surface area contributed by atoms with E-state index in [0.717, 1.165) is 12.8 Å². The minimum atomic E-state index is -1.28. The summed E-state index contributed by atoms with van der Waals surface area (Å²) in [6.45, 7) is 0. The van der Waals surface area contributed by atoms with Gasteiger partial charge in [0.25, 0.3) is 0 Å². The minimum Gasteiger partial charge on any atom is -0.423 e. The topological polar surface area (TPSA) is 40.5 Å². The van der Waals surface area contributed by atoms with Gasteiger partial charge in [0.15, 0.2) is 0 Å². The lowest BCUT2D eigenvalue weighted by Gasteiger charge is -2.08. The molecule has 2 rings (SSSR count). The maximum atomic E-state index is 8.94. The summed E-state index contributed by atoms with van der Waals surface area (Å²) in [7, 11) is -1.28. The first kappa shape index (κ1) is 8.29. The lowest BCUT2D eigenvalue weighted by molar-refractivity contribution is 0.427.